The lowest BCUT2D eigenvalue weighted by Crippen LogP contribution is -2.33. The fourth-order valence-corrected chi connectivity index (χ4v) is 1.97. The van der Waals surface area contributed by atoms with E-state index in [0.717, 1.165) is 12.8 Å². The summed E-state index contributed by atoms with van der Waals surface area (Å²) in [5.74, 6) is -0.487. The molecule has 102 valence electrons. The molecule has 1 fully saturated rings. The van der Waals surface area contributed by atoms with Crippen molar-refractivity contribution < 1.29 is 13.9 Å². The number of amides is 1. The number of likely N-dealkylation sites (N-methyl/N-ethyl adjacent to an activating group) is 1. The van der Waals surface area contributed by atoms with Gasteiger partial charge in [-0.05, 0) is 25.0 Å². The van der Waals surface area contributed by atoms with Crippen LogP contribution in [0.25, 0.3) is 0 Å². The fourth-order valence-electron chi connectivity index (χ4n) is 1.77. The number of halogens is 1. The molecule has 0 spiro atoms. The van der Waals surface area contributed by atoms with E-state index in [1.165, 1.54) is 12.1 Å². The molecule has 19 heavy (non-hydrogen) atoms. The molecule has 1 aromatic carbocycles. The molecule has 4 nitrogen and oxygen atoms in total. The van der Waals surface area contributed by atoms with Crippen molar-refractivity contribution in [3.05, 3.63) is 29.6 Å². The standard InChI is InChI=1S/C13H15FN2O2S/c1-16(8-5-6-8)11(17)7-18-10-4-2-3-9(14)12(10)13(15)19/h2-4,8H,5-7H2,1H3,(H2,15,19). The second-order valence-electron chi connectivity index (χ2n) is 4.50. The Morgan fingerprint density at radius 3 is 2.84 bits per heavy atom. The lowest BCUT2D eigenvalue weighted by molar-refractivity contribution is -0.132. The number of hydrogen-bond acceptors (Lipinski definition) is 3. The number of benzene rings is 1. The molecule has 0 radical (unpaired) electrons. The zero-order valence-electron chi connectivity index (χ0n) is 10.6. The van der Waals surface area contributed by atoms with Crippen molar-refractivity contribution in [2.24, 2.45) is 5.73 Å². The third kappa shape index (κ3) is 3.20. The van der Waals surface area contributed by atoms with Crippen LogP contribution in [-0.2, 0) is 4.79 Å². The normalized spacial score (nSPS) is 14.0. The first-order valence-corrected chi connectivity index (χ1v) is 6.38. The molecule has 1 saturated carbocycles. The van der Waals surface area contributed by atoms with Crippen LogP contribution in [0.2, 0.25) is 0 Å². The van der Waals surface area contributed by atoms with Crippen molar-refractivity contribution in [2.75, 3.05) is 13.7 Å². The van der Waals surface area contributed by atoms with Crippen molar-refractivity contribution in [1.29, 1.82) is 0 Å². The number of carbonyl (C=O) groups is 1. The minimum atomic E-state index is -0.548. The molecule has 6 heteroatoms. The summed E-state index contributed by atoms with van der Waals surface area (Å²) in [4.78, 5) is 13.4. The Hall–Kier alpha value is -1.69. The summed E-state index contributed by atoms with van der Waals surface area (Å²) in [6.45, 7) is -0.147. The van der Waals surface area contributed by atoms with Gasteiger partial charge in [0.15, 0.2) is 6.61 Å². The van der Waals surface area contributed by atoms with Crippen molar-refractivity contribution in [1.82, 2.24) is 4.90 Å². The maximum Gasteiger partial charge on any atom is 0.260 e. The van der Waals surface area contributed by atoms with Crippen LogP contribution in [-0.4, -0.2) is 35.5 Å². The summed E-state index contributed by atoms with van der Waals surface area (Å²) in [5, 5.41) is 0. The van der Waals surface area contributed by atoms with E-state index in [4.69, 9.17) is 22.7 Å². The summed E-state index contributed by atoms with van der Waals surface area (Å²) >= 11 is 4.78. The minimum Gasteiger partial charge on any atom is -0.483 e. The second kappa shape index (κ2) is 5.52. The zero-order chi connectivity index (χ0) is 14.0. The number of rotatable bonds is 5. The van der Waals surface area contributed by atoms with Crippen LogP contribution in [0, 0.1) is 5.82 Å². The van der Waals surface area contributed by atoms with Crippen LogP contribution < -0.4 is 10.5 Å². The molecule has 1 aromatic rings. The Morgan fingerprint density at radius 1 is 1.58 bits per heavy atom. The van der Waals surface area contributed by atoms with Gasteiger partial charge in [0.25, 0.3) is 5.91 Å². The van der Waals surface area contributed by atoms with Gasteiger partial charge in [-0.3, -0.25) is 4.79 Å². The number of hydrogen-bond donors (Lipinski definition) is 1. The van der Waals surface area contributed by atoms with E-state index in [2.05, 4.69) is 0 Å². The maximum atomic E-state index is 13.6. The first kappa shape index (κ1) is 13.7. The topological polar surface area (TPSA) is 55.6 Å². The largest absolute Gasteiger partial charge is 0.483 e. The minimum absolute atomic E-state index is 0.0411. The number of ether oxygens (including phenoxy) is 1. The van der Waals surface area contributed by atoms with E-state index in [1.807, 2.05) is 0 Å². The average Bonchev–Trinajstić information content (AvgIpc) is 3.18. The predicted molar refractivity (Wildman–Crippen MR) is 73.6 cm³/mol. The molecule has 0 aromatic heterocycles. The lowest BCUT2D eigenvalue weighted by atomic mass is 10.2. The summed E-state index contributed by atoms with van der Waals surface area (Å²) < 4.78 is 18.9. The molecule has 0 unspecified atom stereocenters. The van der Waals surface area contributed by atoms with E-state index >= 15 is 0 Å². The Morgan fingerprint density at radius 2 is 2.26 bits per heavy atom. The van der Waals surface area contributed by atoms with Gasteiger partial charge in [-0.25, -0.2) is 4.39 Å². The SMILES string of the molecule is CN(C(=O)COc1cccc(F)c1C(N)=S)C1CC1. The number of nitrogens with zero attached hydrogens (tertiary/aromatic N) is 1. The molecule has 0 bridgehead atoms. The van der Waals surface area contributed by atoms with Crippen LogP contribution in [0.15, 0.2) is 18.2 Å². The molecule has 0 atom stereocenters. The number of carbonyl (C=O) groups excluding carboxylic acids is 1. The van der Waals surface area contributed by atoms with Gasteiger partial charge in [-0.15, -0.1) is 0 Å². The molecule has 1 aliphatic rings. The summed E-state index contributed by atoms with van der Waals surface area (Å²) in [6.07, 6.45) is 2.06. The highest BCUT2D eigenvalue weighted by Gasteiger charge is 2.29. The molecular formula is C13H15FN2O2S. The molecular weight excluding hydrogens is 267 g/mol. The van der Waals surface area contributed by atoms with E-state index in [-0.39, 0.29) is 28.8 Å². The lowest BCUT2D eigenvalue weighted by Gasteiger charge is -2.17. The molecule has 0 aliphatic heterocycles. The third-order valence-electron chi connectivity index (χ3n) is 3.06. The average molecular weight is 282 g/mol. The fraction of sp³-hybridized carbons (Fsp3) is 0.385. The summed E-state index contributed by atoms with van der Waals surface area (Å²) in [6, 6.07) is 4.60. The number of thiocarbonyl (C=S) groups is 1. The van der Waals surface area contributed by atoms with Crippen LogP contribution in [0.5, 0.6) is 5.75 Å². The van der Waals surface area contributed by atoms with Crippen molar-refractivity contribution >= 4 is 23.1 Å². The third-order valence-corrected chi connectivity index (χ3v) is 3.27. The van der Waals surface area contributed by atoms with Gasteiger partial charge in [-0.1, -0.05) is 18.3 Å². The molecule has 0 heterocycles. The van der Waals surface area contributed by atoms with E-state index in [0.29, 0.717) is 6.04 Å². The van der Waals surface area contributed by atoms with E-state index in [9.17, 15) is 9.18 Å². The van der Waals surface area contributed by atoms with Crippen LogP contribution in [0.4, 0.5) is 4.39 Å². The Balaban J connectivity index is 2.05. The van der Waals surface area contributed by atoms with Crippen molar-refractivity contribution in [3.8, 4) is 5.75 Å². The Bertz CT molecular complexity index is 517. The highest BCUT2D eigenvalue weighted by molar-refractivity contribution is 7.80. The maximum absolute atomic E-state index is 13.6. The highest BCUT2D eigenvalue weighted by Crippen LogP contribution is 2.26. The smallest absolute Gasteiger partial charge is 0.260 e. The van der Waals surface area contributed by atoms with Crippen molar-refractivity contribution in [3.63, 3.8) is 0 Å². The highest BCUT2D eigenvalue weighted by atomic mass is 32.1. The van der Waals surface area contributed by atoms with Crippen molar-refractivity contribution in [2.45, 2.75) is 18.9 Å². The molecule has 1 amide bonds. The monoisotopic (exact) mass is 282 g/mol. The quantitative estimate of drug-likeness (QED) is 0.831. The van der Waals surface area contributed by atoms with Gasteiger partial charge in [0.05, 0.1) is 5.56 Å². The first-order chi connectivity index (χ1) is 9.00. The van der Waals surface area contributed by atoms with Crippen LogP contribution in [0.1, 0.15) is 18.4 Å². The van der Waals surface area contributed by atoms with Crippen LogP contribution >= 0.6 is 12.2 Å². The first-order valence-electron chi connectivity index (χ1n) is 5.97. The van der Waals surface area contributed by atoms with Gasteiger partial charge in [0, 0.05) is 13.1 Å². The van der Waals surface area contributed by atoms with Crippen LogP contribution in [0.3, 0.4) is 0 Å². The van der Waals surface area contributed by atoms with Gasteiger partial charge in [-0.2, -0.15) is 0 Å². The Kier molecular flexibility index (Phi) is 3.99. The van der Waals surface area contributed by atoms with Gasteiger partial charge in [0.1, 0.15) is 16.6 Å². The zero-order valence-corrected chi connectivity index (χ0v) is 11.4. The molecule has 2 N–H and O–H groups in total. The molecule has 0 saturated heterocycles. The van der Waals surface area contributed by atoms with E-state index in [1.54, 1.807) is 18.0 Å². The van der Waals surface area contributed by atoms with Gasteiger partial charge in [0.2, 0.25) is 0 Å². The van der Waals surface area contributed by atoms with Gasteiger partial charge < -0.3 is 15.4 Å². The predicted octanol–water partition coefficient (Wildman–Crippen LogP) is 1.46. The molecule has 1 aliphatic carbocycles. The summed E-state index contributed by atoms with van der Waals surface area (Å²) in [5.41, 5.74) is 5.50. The molecule has 2 rings (SSSR count). The van der Waals surface area contributed by atoms with E-state index < -0.39 is 5.82 Å². The summed E-state index contributed by atoms with van der Waals surface area (Å²) in [7, 11) is 1.74. The number of nitrogens with two attached hydrogens (primary N) is 1. The second-order valence-corrected chi connectivity index (χ2v) is 4.94. The van der Waals surface area contributed by atoms with Gasteiger partial charge >= 0.3 is 0 Å². The Labute approximate surface area is 116 Å².